The lowest BCUT2D eigenvalue weighted by Gasteiger charge is -2.34. The van der Waals surface area contributed by atoms with Crippen LogP contribution in [-0.2, 0) is 20.9 Å². The first-order valence-electron chi connectivity index (χ1n) is 12.0. The second kappa shape index (κ2) is 10.3. The minimum absolute atomic E-state index is 0.145. The highest BCUT2D eigenvalue weighted by Crippen LogP contribution is 2.30. The number of nitrogens with zero attached hydrogens (tertiary/aromatic N) is 3. The first-order chi connectivity index (χ1) is 16.8. The number of amides is 2. The highest BCUT2D eigenvalue weighted by atomic mass is 16.5. The Hall–Kier alpha value is -3.68. The van der Waals surface area contributed by atoms with Crippen molar-refractivity contribution in [3.8, 4) is 0 Å². The number of hydrogen-bond acceptors (Lipinski definition) is 5. The molecule has 35 heavy (non-hydrogen) atoms. The van der Waals surface area contributed by atoms with Crippen LogP contribution in [0.2, 0.25) is 0 Å². The number of anilines is 1. The minimum Gasteiger partial charge on any atom is -0.467 e. The van der Waals surface area contributed by atoms with Crippen LogP contribution in [0.3, 0.4) is 0 Å². The average Bonchev–Trinajstić information content (AvgIpc) is 3.17. The van der Waals surface area contributed by atoms with Gasteiger partial charge in [-0.3, -0.25) is 9.59 Å². The maximum absolute atomic E-state index is 14.0. The molecule has 1 aromatic heterocycles. The molecule has 2 heterocycles. The van der Waals surface area contributed by atoms with E-state index in [4.69, 9.17) is 9.72 Å². The fourth-order valence-electron chi connectivity index (χ4n) is 4.58. The van der Waals surface area contributed by atoms with Crippen LogP contribution in [0, 0.1) is 12.8 Å². The zero-order valence-electron chi connectivity index (χ0n) is 20.7. The number of nitrogens with one attached hydrogen (secondary N) is 1. The van der Waals surface area contributed by atoms with Gasteiger partial charge in [0.05, 0.1) is 23.7 Å². The number of piperidine rings is 1. The summed E-state index contributed by atoms with van der Waals surface area (Å²) in [5.74, 6) is -0.275. The Bertz CT molecular complexity index is 1250. The fraction of sp³-hybridized carbons (Fsp3) is 0.407. The van der Waals surface area contributed by atoms with Gasteiger partial charge in [0, 0.05) is 24.7 Å². The third-order valence-electron chi connectivity index (χ3n) is 6.48. The summed E-state index contributed by atoms with van der Waals surface area (Å²) in [6, 6.07) is 12.9. The Labute approximate surface area is 205 Å². The van der Waals surface area contributed by atoms with Gasteiger partial charge < -0.3 is 19.5 Å². The number of ether oxygens (including phenoxy) is 1. The van der Waals surface area contributed by atoms with E-state index in [-0.39, 0.29) is 17.7 Å². The molecule has 2 aromatic carbocycles. The molecule has 2 amide bonds. The quantitative estimate of drug-likeness (QED) is 0.540. The van der Waals surface area contributed by atoms with E-state index in [2.05, 4.69) is 5.32 Å². The second-order valence-corrected chi connectivity index (χ2v) is 9.30. The molecule has 184 valence electrons. The SMILES string of the molecule is COC(=O)[C@H]1CCCCN1C(=O)c1cc(NC(=O)C(C)C)cc2nc(C)n(Cc3ccccc3)c12. The van der Waals surface area contributed by atoms with E-state index in [0.29, 0.717) is 41.8 Å². The molecule has 8 nitrogen and oxygen atoms in total. The summed E-state index contributed by atoms with van der Waals surface area (Å²) in [7, 11) is 1.35. The van der Waals surface area contributed by atoms with Crippen molar-refractivity contribution in [2.75, 3.05) is 19.0 Å². The molecule has 4 rings (SSSR count). The van der Waals surface area contributed by atoms with Crippen molar-refractivity contribution in [3.05, 3.63) is 59.4 Å². The molecule has 1 aliphatic rings. The van der Waals surface area contributed by atoms with Crippen molar-refractivity contribution in [1.29, 1.82) is 0 Å². The Morgan fingerprint density at radius 1 is 1.14 bits per heavy atom. The van der Waals surface area contributed by atoms with Gasteiger partial charge in [0.15, 0.2) is 0 Å². The predicted octanol–water partition coefficient (Wildman–Crippen LogP) is 4.16. The zero-order valence-corrected chi connectivity index (χ0v) is 20.7. The van der Waals surface area contributed by atoms with Crippen LogP contribution in [0.25, 0.3) is 11.0 Å². The monoisotopic (exact) mass is 476 g/mol. The van der Waals surface area contributed by atoms with Gasteiger partial charge in [-0.05, 0) is 43.9 Å². The molecule has 3 aromatic rings. The number of likely N-dealkylation sites (tertiary alicyclic amines) is 1. The van der Waals surface area contributed by atoms with Crippen molar-refractivity contribution < 1.29 is 19.1 Å². The predicted molar refractivity (Wildman–Crippen MR) is 134 cm³/mol. The minimum atomic E-state index is -0.628. The van der Waals surface area contributed by atoms with Crippen molar-refractivity contribution >= 4 is 34.5 Å². The molecule has 0 radical (unpaired) electrons. The number of carbonyl (C=O) groups is 3. The van der Waals surface area contributed by atoms with Crippen LogP contribution in [0.15, 0.2) is 42.5 Å². The lowest BCUT2D eigenvalue weighted by molar-refractivity contribution is -0.147. The molecule has 1 N–H and O–H groups in total. The largest absolute Gasteiger partial charge is 0.467 e. The number of hydrogen-bond donors (Lipinski definition) is 1. The Morgan fingerprint density at radius 2 is 1.89 bits per heavy atom. The smallest absolute Gasteiger partial charge is 0.328 e. The van der Waals surface area contributed by atoms with Crippen molar-refractivity contribution in [2.45, 2.75) is 52.6 Å². The van der Waals surface area contributed by atoms with Crippen LogP contribution >= 0.6 is 0 Å². The van der Waals surface area contributed by atoms with E-state index in [1.807, 2.05) is 55.7 Å². The third-order valence-corrected chi connectivity index (χ3v) is 6.48. The van der Waals surface area contributed by atoms with Gasteiger partial charge >= 0.3 is 5.97 Å². The fourth-order valence-corrected chi connectivity index (χ4v) is 4.58. The highest BCUT2D eigenvalue weighted by molar-refractivity contribution is 6.08. The van der Waals surface area contributed by atoms with Crippen LogP contribution in [0.1, 0.15) is 54.9 Å². The number of fused-ring (bicyclic) bond motifs is 1. The molecule has 0 aliphatic carbocycles. The summed E-state index contributed by atoms with van der Waals surface area (Å²) in [5.41, 5.74) is 3.31. The number of aromatic nitrogens is 2. The number of benzene rings is 2. The van der Waals surface area contributed by atoms with Crippen LogP contribution < -0.4 is 5.32 Å². The number of aryl methyl sites for hydroxylation is 1. The van der Waals surface area contributed by atoms with Crippen LogP contribution in [0.5, 0.6) is 0 Å². The van der Waals surface area contributed by atoms with Gasteiger partial charge in [-0.15, -0.1) is 0 Å². The molecule has 0 saturated carbocycles. The van der Waals surface area contributed by atoms with E-state index >= 15 is 0 Å². The molecular weight excluding hydrogens is 444 g/mol. The van der Waals surface area contributed by atoms with Gasteiger partial charge in [0.1, 0.15) is 11.9 Å². The molecule has 8 heteroatoms. The molecule has 1 fully saturated rings. The average molecular weight is 477 g/mol. The zero-order chi connectivity index (χ0) is 25.1. The van der Waals surface area contributed by atoms with Gasteiger partial charge in [-0.2, -0.15) is 0 Å². The Morgan fingerprint density at radius 3 is 2.57 bits per heavy atom. The van der Waals surface area contributed by atoms with E-state index in [1.54, 1.807) is 17.0 Å². The molecular formula is C27H32N4O4. The Balaban J connectivity index is 1.85. The third kappa shape index (κ3) is 5.06. The lowest BCUT2D eigenvalue weighted by atomic mass is 10.00. The van der Waals surface area contributed by atoms with Gasteiger partial charge in [-0.25, -0.2) is 9.78 Å². The summed E-state index contributed by atoms with van der Waals surface area (Å²) in [4.78, 5) is 45.2. The highest BCUT2D eigenvalue weighted by Gasteiger charge is 2.35. The summed E-state index contributed by atoms with van der Waals surface area (Å²) in [6.07, 6.45) is 2.23. The number of methoxy groups -OCH3 is 1. The summed E-state index contributed by atoms with van der Waals surface area (Å²) in [6.45, 7) is 6.54. The maximum atomic E-state index is 14.0. The molecule has 1 aliphatic heterocycles. The topological polar surface area (TPSA) is 93.5 Å². The van der Waals surface area contributed by atoms with Crippen LogP contribution in [-0.4, -0.2) is 51.9 Å². The van der Waals surface area contributed by atoms with E-state index in [1.165, 1.54) is 7.11 Å². The summed E-state index contributed by atoms with van der Waals surface area (Å²) in [5, 5.41) is 2.90. The standard InChI is InChI=1S/C27H32N4O4/c1-17(2)25(32)29-20-14-21(26(33)30-13-9-8-12-23(30)27(34)35-4)24-22(15-20)28-18(3)31(24)16-19-10-6-5-7-11-19/h5-7,10-11,14-15,17,23H,8-9,12-13,16H2,1-4H3,(H,29,32)/t23-/m1/s1. The van der Waals surface area contributed by atoms with Gasteiger partial charge in [-0.1, -0.05) is 44.2 Å². The Kier molecular flexibility index (Phi) is 7.19. The molecule has 1 saturated heterocycles. The molecule has 0 bridgehead atoms. The lowest BCUT2D eigenvalue weighted by Crippen LogP contribution is -2.48. The maximum Gasteiger partial charge on any atom is 0.328 e. The number of rotatable bonds is 6. The van der Waals surface area contributed by atoms with Crippen molar-refractivity contribution in [2.24, 2.45) is 5.92 Å². The molecule has 1 atom stereocenters. The first-order valence-corrected chi connectivity index (χ1v) is 12.0. The second-order valence-electron chi connectivity index (χ2n) is 9.30. The number of esters is 1. The van der Waals surface area contributed by atoms with Crippen molar-refractivity contribution in [1.82, 2.24) is 14.5 Å². The number of imidazole rings is 1. The van der Waals surface area contributed by atoms with E-state index < -0.39 is 12.0 Å². The first kappa shape index (κ1) is 24.4. The van der Waals surface area contributed by atoms with Crippen LogP contribution in [0.4, 0.5) is 5.69 Å². The van der Waals surface area contributed by atoms with Crippen molar-refractivity contribution in [3.63, 3.8) is 0 Å². The molecule has 0 spiro atoms. The summed E-state index contributed by atoms with van der Waals surface area (Å²) < 4.78 is 7.01. The summed E-state index contributed by atoms with van der Waals surface area (Å²) >= 11 is 0. The van der Waals surface area contributed by atoms with E-state index in [9.17, 15) is 14.4 Å². The van der Waals surface area contributed by atoms with Gasteiger partial charge in [0.25, 0.3) is 5.91 Å². The van der Waals surface area contributed by atoms with E-state index in [0.717, 1.165) is 24.2 Å². The number of carbonyl (C=O) groups excluding carboxylic acids is 3. The van der Waals surface area contributed by atoms with Gasteiger partial charge in [0.2, 0.25) is 5.91 Å². The molecule has 0 unspecified atom stereocenters. The normalized spacial score (nSPS) is 15.9.